The number of carbonyl (C=O) groups is 1. The smallest absolute Gasteiger partial charge is 0.308 e. The van der Waals surface area contributed by atoms with E-state index in [2.05, 4.69) is 9.88 Å². The summed E-state index contributed by atoms with van der Waals surface area (Å²) < 4.78 is 18.7. The van der Waals surface area contributed by atoms with Gasteiger partial charge in [-0.25, -0.2) is 4.39 Å². The molecule has 1 aromatic rings. The number of nitrogens with zero attached hydrogens (tertiary/aromatic N) is 2. The van der Waals surface area contributed by atoms with Crippen molar-refractivity contribution in [2.24, 2.45) is 0 Å². The van der Waals surface area contributed by atoms with E-state index in [1.54, 1.807) is 13.1 Å². The second kappa shape index (κ2) is 6.98. The summed E-state index contributed by atoms with van der Waals surface area (Å²) in [5.74, 6) is -0.630. The van der Waals surface area contributed by atoms with Crippen molar-refractivity contribution in [1.82, 2.24) is 9.88 Å². The van der Waals surface area contributed by atoms with Crippen molar-refractivity contribution in [3.63, 3.8) is 0 Å². The Labute approximate surface area is 125 Å². The molecule has 0 spiro atoms. The van der Waals surface area contributed by atoms with E-state index < -0.39 is 5.54 Å². The van der Waals surface area contributed by atoms with Gasteiger partial charge in [-0.3, -0.25) is 14.7 Å². The van der Waals surface area contributed by atoms with E-state index in [9.17, 15) is 9.18 Å². The Morgan fingerprint density at radius 3 is 2.71 bits per heavy atom. The van der Waals surface area contributed by atoms with Crippen LogP contribution in [0.1, 0.15) is 45.1 Å². The number of hydrogen-bond acceptors (Lipinski definition) is 4. The molecule has 1 saturated heterocycles. The van der Waals surface area contributed by atoms with Crippen LogP contribution in [0.5, 0.6) is 0 Å². The number of likely N-dealkylation sites (tertiary alicyclic amines) is 1. The van der Waals surface area contributed by atoms with Gasteiger partial charge in [0.15, 0.2) is 0 Å². The van der Waals surface area contributed by atoms with Crippen molar-refractivity contribution in [2.45, 2.75) is 45.1 Å². The molecule has 21 heavy (non-hydrogen) atoms. The van der Waals surface area contributed by atoms with Gasteiger partial charge >= 0.3 is 5.97 Å². The Balaban J connectivity index is 2.30. The van der Waals surface area contributed by atoms with Crippen molar-refractivity contribution in [2.75, 3.05) is 19.7 Å². The second-order valence-corrected chi connectivity index (χ2v) is 5.70. The van der Waals surface area contributed by atoms with Crippen LogP contribution in [0, 0.1) is 5.82 Å². The first-order chi connectivity index (χ1) is 10.1. The molecule has 5 heteroatoms. The fraction of sp³-hybridized carbons (Fsp3) is 0.625. The first-order valence-corrected chi connectivity index (χ1v) is 7.58. The second-order valence-electron chi connectivity index (χ2n) is 5.70. The molecule has 4 nitrogen and oxygen atoms in total. The third-order valence-electron chi connectivity index (χ3n) is 4.17. The van der Waals surface area contributed by atoms with E-state index in [1.165, 1.54) is 18.7 Å². The van der Waals surface area contributed by atoms with Gasteiger partial charge in [-0.05, 0) is 51.4 Å². The summed E-state index contributed by atoms with van der Waals surface area (Å²) in [5.41, 5.74) is 0.166. The third-order valence-corrected chi connectivity index (χ3v) is 4.17. The molecule has 1 aromatic heterocycles. The third kappa shape index (κ3) is 3.79. The van der Waals surface area contributed by atoms with Gasteiger partial charge in [0.2, 0.25) is 0 Å². The summed E-state index contributed by atoms with van der Waals surface area (Å²) in [4.78, 5) is 18.2. The average Bonchev–Trinajstić information content (AvgIpc) is 2.48. The number of aromatic nitrogens is 1. The first-order valence-electron chi connectivity index (χ1n) is 7.58. The van der Waals surface area contributed by atoms with E-state index in [-0.39, 0.29) is 18.2 Å². The number of ether oxygens (including phenoxy) is 1. The topological polar surface area (TPSA) is 42.4 Å². The largest absolute Gasteiger partial charge is 0.466 e. The lowest BCUT2D eigenvalue weighted by Crippen LogP contribution is -2.48. The van der Waals surface area contributed by atoms with Crippen molar-refractivity contribution in [3.05, 3.63) is 29.8 Å². The molecule has 2 heterocycles. The summed E-state index contributed by atoms with van der Waals surface area (Å²) in [6.07, 6.45) is 6.45. The molecule has 1 atom stereocenters. The molecule has 0 bridgehead atoms. The molecule has 0 N–H and O–H groups in total. The van der Waals surface area contributed by atoms with E-state index in [4.69, 9.17) is 4.74 Å². The molecule has 0 saturated carbocycles. The quantitative estimate of drug-likeness (QED) is 0.783. The number of rotatable bonds is 5. The van der Waals surface area contributed by atoms with Crippen molar-refractivity contribution in [1.29, 1.82) is 0 Å². The molecule has 0 amide bonds. The Kier molecular flexibility index (Phi) is 5.28. The van der Waals surface area contributed by atoms with Crippen LogP contribution >= 0.6 is 0 Å². The monoisotopic (exact) mass is 294 g/mol. The Morgan fingerprint density at radius 1 is 1.38 bits per heavy atom. The molecular formula is C16H23FN2O2. The van der Waals surface area contributed by atoms with Gasteiger partial charge in [0.25, 0.3) is 0 Å². The van der Waals surface area contributed by atoms with Crippen molar-refractivity contribution >= 4 is 5.97 Å². The molecule has 1 unspecified atom stereocenters. The molecule has 0 aliphatic carbocycles. The number of esters is 1. The van der Waals surface area contributed by atoms with Crippen LogP contribution in [-0.4, -0.2) is 35.5 Å². The maximum Gasteiger partial charge on any atom is 0.308 e. The zero-order valence-corrected chi connectivity index (χ0v) is 12.8. The van der Waals surface area contributed by atoms with Gasteiger partial charge in [-0.1, -0.05) is 6.42 Å². The van der Waals surface area contributed by atoms with Crippen LogP contribution in [0.2, 0.25) is 0 Å². The van der Waals surface area contributed by atoms with Gasteiger partial charge in [-0.2, -0.15) is 0 Å². The van der Waals surface area contributed by atoms with Crippen molar-refractivity contribution < 1.29 is 13.9 Å². The van der Waals surface area contributed by atoms with Crippen LogP contribution in [0.25, 0.3) is 0 Å². The van der Waals surface area contributed by atoms with Gasteiger partial charge in [0.1, 0.15) is 5.82 Å². The fourth-order valence-corrected chi connectivity index (χ4v) is 2.98. The maximum absolute atomic E-state index is 13.6. The SMILES string of the molecule is CCOC(=O)CC(C)(c1cncc(F)c1)N1CCCCC1. The molecular weight excluding hydrogens is 271 g/mol. The Hall–Kier alpha value is -1.49. The summed E-state index contributed by atoms with van der Waals surface area (Å²) in [7, 11) is 0. The van der Waals surface area contributed by atoms with Crippen LogP contribution < -0.4 is 0 Å². The summed E-state index contributed by atoms with van der Waals surface area (Å²) in [5, 5.41) is 0. The predicted molar refractivity (Wildman–Crippen MR) is 78.2 cm³/mol. The zero-order chi connectivity index (χ0) is 15.3. The lowest BCUT2D eigenvalue weighted by atomic mass is 9.86. The number of carbonyl (C=O) groups excluding carboxylic acids is 1. The number of pyridine rings is 1. The fourth-order valence-electron chi connectivity index (χ4n) is 2.98. The normalized spacial score (nSPS) is 19.0. The number of halogens is 1. The van der Waals surface area contributed by atoms with Crippen LogP contribution in [-0.2, 0) is 15.1 Å². The molecule has 0 radical (unpaired) electrons. The zero-order valence-electron chi connectivity index (χ0n) is 12.8. The minimum absolute atomic E-state index is 0.214. The summed E-state index contributed by atoms with van der Waals surface area (Å²) in [6.45, 7) is 5.95. The van der Waals surface area contributed by atoms with Crippen LogP contribution in [0.15, 0.2) is 18.5 Å². The van der Waals surface area contributed by atoms with Gasteiger partial charge < -0.3 is 4.74 Å². The number of piperidine rings is 1. The molecule has 116 valence electrons. The Bertz CT molecular complexity index is 489. The van der Waals surface area contributed by atoms with E-state index in [1.807, 2.05) is 6.92 Å². The van der Waals surface area contributed by atoms with E-state index >= 15 is 0 Å². The van der Waals surface area contributed by atoms with Crippen LogP contribution in [0.4, 0.5) is 4.39 Å². The lowest BCUT2D eigenvalue weighted by Gasteiger charge is -2.43. The van der Waals surface area contributed by atoms with Gasteiger partial charge in [-0.15, -0.1) is 0 Å². The minimum Gasteiger partial charge on any atom is -0.466 e. The predicted octanol–water partition coefficient (Wildman–Crippen LogP) is 2.88. The van der Waals surface area contributed by atoms with E-state index in [0.717, 1.165) is 31.5 Å². The molecule has 1 aliphatic rings. The maximum atomic E-state index is 13.6. The standard InChI is InChI=1S/C16H23FN2O2/c1-3-21-15(20)10-16(2,19-7-5-4-6-8-19)13-9-14(17)12-18-11-13/h9,11-12H,3-8,10H2,1-2H3. The summed E-state index contributed by atoms with van der Waals surface area (Å²) >= 11 is 0. The highest BCUT2D eigenvalue weighted by molar-refractivity contribution is 5.71. The van der Waals surface area contributed by atoms with Gasteiger partial charge in [0, 0.05) is 6.20 Å². The van der Waals surface area contributed by atoms with Crippen LogP contribution in [0.3, 0.4) is 0 Å². The number of hydrogen-bond donors (Lipinski definition) is 0. The average molecular weight is 294 g/mol. The highest BCUT2D eigenvalue weighted by Gasteiger charge is 2.37. The van der Waals surface area contributed by atoms with E-state index in [0.29, 0.717) is 6.61 Å². The first kappa shape index (κ1) is 15.9. The molecule has 1 aliphatic heterocycles. The molecule has 0 aromatic carbocycles. The highest BCUT2D eigenvalue weighted by Crippen LogP contribution is 2.34. The molecule has 2 rings (SSSR count). The van der Waals surface area contributed by atoms with Crippen molar-refractivity contribution in [3.8, 4) is 0 Å². The summed E-state index contributed by atoms with van der Waals surface area (Å²) in [6, 6.07) is 1.47. The minimum atomic E-state index is -0.568. The lowest BCUT2D eigenvalue weighted by molar-refractivity contribution is -0.146. The Morgan fingerprint density at radius 2 is 2.10 bits per heavy atom. The molecule has 1 fully saturated rings. The highest BCUT2D eigenvalue weighted by atomic mass is 19.1. The van der Waals surface area contributed by atoms with Gasteiger partial charge in [0.05, 0.1) is 24.8 Å².